The Morgan fingerprint density at radius 2 is 1.15 bits per heavy atom. The summed E-state index contributed by atoms with van der Waals surface area (Å²) in [5.41, 5.74) is 0. The van der Waals surface area contributed by atoms with Crippen LogP contribution in [-0.4, -0.2) is 4.57 Å². The summed E-state index contributed by atoms with van der Waals surface area (Å²) in [6, 6.07) is 0. The lowest BCUT2D eigenvalue weighted by Crippen LogP contribution is -2.37. The van der Waals surface area contributed by atoms with E-state index in [0.29, 0.717) is 0 Å². The van der Waals surface area contributed by atoms with E-state index in [1.807, 2.05) is 0 Å². The molecule has 0 aliphatic rings. The maximum atomic E-state index is 2.57. The molecule has 27 heavy (non-hydrogen) atoms. The molecule has 0 aromatic carbocycles. The van der Waals surface area contributed by atoms with E-state index >= 15 is 0 Å². The molecule has 0 aliphatic carbocycles. The fraction of sp³-hybridized carbons (Fsp3) is 0.880. The quantitative estimate of drug-likeness (QED) is 0.173. The maximum Gasteiger partial charge on any atom is 0.256 e. The molecule has 0 unspecified atom stereocenters. The molecule has 1 heterocycles. The van der Waals surface area contributed by atoms with E-state index in [1.54, 1.807) is 5.82 Å². The monoisotopic (exact) mass is 377 g/mol. The third-order valence-electron chi connectivity index (χ3n) is 5.85. The molecular weight excluding hydrogens is 328 g/mol. The second-order valence-electron chi connectivity index (χ2n) is 8.45. The normalized spacial score (nSPS) is 11.4. The van der Waals surface area contributed by atoms with Gasteiger partial charge in [0, 0.05) is 6.42 Å². The third kappa shape index (κ3) is 11.6. The van der Waals surface area contributed by atoms with E-state index in [4.69, 9.17) is 0 Å². The number of hydrogen-bond donors (Lipinski definition) is 0. The first kappa shape index (κ1) is 24.2. The first-order chi connectivity index (χ1) is 13.3. The lowest BCUT2D eigenvalue weighted by atomic mass is 10.1. The van der Waals surface area contributed by atoms with Crippen LogP contribution >= 0.6 is 0 Å². The zero-order valence-electron chi connectivity index (χ0n) is 19.0. The van der Waals surface area contributed by atoms with Gasteiger partial charge < -0.3 is 0 Å². The van der Waals surface area contributed by atoms with Crippen LogP contribution in [0.3, 0.4) is 0 Å². The Morgan fingerprint density at radius 3 is 1.78 bits per heavy atom. The van der Waals surface area contributed by atoms with Crippen LogP contribution in [0, 0.1) is 0 Å². The number of nitrogens with zero attached hydrogens (tertiary/aromatic N) is 2. The number of rotatable bonds is 19. The first-order valence-corrected chi connectivity index (χ1v) is 12.4. The lowest BCUT2D eigenvalue weighted by Gasteiger charge is -2.06. The molecule has 0 saturated heterocycles. The maximum absolute atomic E-state index is 2.57. The van der Waals surface area contributed by atoms with Gasteiger partial charge in [-0.15, -0.1) is 0 Å². The molecule has 0 fully saturated rings. The fourth-order valence-electron chi connectivity index (χ4n) is 4.03. The van der Waals surface area contributed by atoms with Crippen molar-refractivity contribution >= 4 is 0 Å². The Hall–Kier alpha value is -0.790. The molecule has 1 aromatic rings. The predicted octanol–water partition coefficient (Wildman–Crippen LogP) is 7.62. The van der Waals surface area contributed by atoms with Crippen molar-refractivity contribution in [1.82, 2.24) is 4.57 Å². The van der Waals surface area contributed by atoms with E-state index < -0.39 is 0 Å². The lowest BCUT2D eigenvalue weighted by molar-refractivity contribution is -0.704. The smallest absolute Gasteiger partial charge is 0.234 e. The SMILES string of the molecule is CCCCCCCCn1cc[n+](CCCCCCCC)c1CCCCCC. The number of aromatic nitrogens is 2. The molecule has 0 aliphatic heterocycles. The van der Waals surface area contributed by atoms with Crippen molar-refractivity contribution in [3.05, 3.63) is 18.2 Å². The average Bonchev–Trinajstić information content (AvgIpc) is 3.06. The van der Waals surface area contributed by atoms with Crippen LogP contribution in [0.15, 0.2) is 12.4 Å². The van der Waals surface area contributed by atoms with Gasteiger partial charge in [-0.25, -0.2) is 9.13 Å². The fourth-order valence-corrected chi connectivity index (χ4v) is 4.03. The Bertz CT molecular complexity index is 402. The summed E-state index contributed by atoms with van der Waals surface area (Å²) in [7, 11) is 0. The summed E-state index contributed by atoms with van der Waals surface area (Å²) in [6.45, 7) is 9.35. The Morgan fingerprint density at radius 1 is 0.630 bits per heavy atom. The topological polar surface area (TPSA) is 8.81 Å². The number of imidazole rings is 1. The number of aryl methyl sites for hydroxylation is 2. The zero-order chi connectivity index (χ0) is 19.6. The minimum absolute atomic E-state index is 1.22. The molecule has 0 amide bonds. The molecule has 1 aromatic heterocycles. The molecule has 0 N–H and O–H groups in total. The summed E-state index contributed by atoms with van der Waals surface area (Å²) < 4.78 is 5.14. The molecule has 0 bridgehead atoms. The summed E-state index contributed by atoms with van der Waals surface area (Å²) >= 11 is 0. The van der Waals surface area contributed by atoms with E-state index in [2.05, 4.69) is 42.3 Å². The number of unbranched alkanes of at least 4 members (excludes halogenated alkanes) is 13. The second kappa shape index (κ2) is 17.3. The standard InChI is InChI=1S/C25H49N2/c1-4-7-10-13-15-18-21-26-23-24-27(22-19-16-14-11-8-5-2)25(26)20-17-12-9-6-3/h23-24H,4-22H2,1-3H3/q+1. The molecule has 0 atom stereocenters. The highest BCUT2D eigenvalue weighted by Gasteiger charge is 2.16. The van der Waals surface area contributed by atoms with Gasteiger partial charge >= 0.3 is 0 Å². The van der Waals surface area contributed by atoms with Crippen molar-refractivity contribution in [2.24, 2.45) is 0 Å². The van der Waals surface area contributed by atoms with Crippen molar-refractivity contribution < 1.29 is 4.57 Å². The van der Waals surface area contributed by atoms with Crippen molar-refractivity contribution in [3.63, 3.8) is 0 Å². The summed E-state index contributed by atoms with van der Waals surface area (Å²) in [5, 5.41) is 0. The molecule has 0 saturated carbocycles. The highest BCUT2D eigenvalue weighted by atomic mass is 15.1. The highest BCUT2D eigenvalue weighted by Crippen LogP contribution is 2.11. The Kier molecular flexibility index (Phi) is 15.6. The van der Waals surface area contributed by atoms with Gasteiger partial charge in [-0.05, 0) is 32.1 Å². The van der Waals surface area contributed by atoms with Crippen LogP contribution in [0.4, 0.5) is 0 Å². The largest absolute Gasteiger partial charge is 0.256 e. The van der Waals surface area contributed by atoms with Gasteiger partial charge in [-0.1, -0.05) is 91.4 Å². The molecule has 0 spiro atoms. The third-order valence-corrected chi connectivity index (χ3v) is 5.85. The van der Waals surface area contributed by atoms with Crippen LogP contribution < -0.4 is 4.57 Å². The van der Waals surface area contributed by atoms with Crippen LogP contribution in [0.25, 0.3) is 0 Å². The van der Waals surface area contributed by atoms with Crippen LogP contribution in [-0.2, 0) is 19.5 Å². The highest BCUT2D eigenvalue weighted by molar-refractivity contribution is 4.84. The minimum atomic E-state index is 1.22. The second-order valence-corrected chi connectivity index (χ2v) is 8.45. The van der Waals surface area contributed by atoms with E-state index in [0.717, 1.165) is 0 Å². The summed E-state index contributed by atoms with van der Waals surface area (Å²) in [6.07, 6.45) is 28.1. The van der Waals surface area contributed by atoms with Gasteiger partial charge in [-0.3, -0.25) is 0 Å². The zero-order valence-corrected chi connectivity index (χ0v) is 19.0. The van der Waals surface area contributed by atoms with Gasteiger partial charge in [0.25, 0.3) is 5.82 Å². The Balaban J connectivity index is 2.44. The van der Waals surface area contributed by atoms with Gasteiger partial charge in [0.15, 0.2) is 0 Å². The van der Waals surface area contributed by atoms with Crippen molar-refractivity contribution in [1.29, 1.82) is 0 Å². The molecule has 2 heteroatoms. The van der Waals surface area contributed by atoms with Crippen LogP contribution in [0.5, 0.6) is 0 Å². The molecule has 2 nitrogen and oxygen atoms in total. The minimum Gasteiger partial charge on any atom is -0.234 e. The van der Waals surface area contributed by atoms with Crippen molar-refractivity contribution in [3.8, 4) is 0 Å². The predicted molar refractivity (Wildman–Crippen MR) is 119 cm³/mol. The number of hydrogen-bond acceptors (Lipinski definition) is 0. The van der Waals surface area contributed by atoms with Gasteiger partial charge in [0.1, 0.15) is 12.4 Å². The summed E-state index contributed by atoms with van der Waals surface area (Å²) in [4.78, 5) is 0. The van der Waals surface area contributed by atoms with Crippen molar-refractivity contribution in [2.45, 2.75) is 143 Å². The van der Waals surface area contributed by atoms with Gasteiger partial charge in [-0.2, -0.15) is 0 Å². The van der Waals surface area contributed by atoms with E-state index in [1.165, 1.54) is 122 Å². The van der Waals surface area contributed by atoms with Crippen molar-refractivity contribution in [2.75, 3.05) is 0 Å². The molecule has 1 rings (SSSR count). The van der Waals surface area contributed by atoms with Gasteiger partial charge in [0.05, 0.1) is 13.1 Å². The van der Waals surface area contributed by atoms with Crippen LogP contribution in [0.1, 0.15) is 129 Å². The van der Waals surface area contributed by atoms with Crippen LogP contribution in [0.2, 0.25) is 0 Å². The summed E-state index contributed by atoms with van der Waals surface area (Å²) in [5.74, 6) is 1.59. The van der Waals surface area contributed by atoms with E-state index in [9.17, 15) is 0 Å². The first-order valence-electron chi connectivity index (χ1n) is 12.4. The molecule has 158 valence electrons. The molecular formula is C25H49N2+. The average molecular weight is 378 g/mol. The van der Waals surface area contributed by atoms with E-state index in [-0.39, 0.29) is 0 Å². The molecule has 0 radical (unpaired) electrons. The Labute approximate surface area is 170 Å². The van der Waals surface area contributed by atoms with Gasteiger partial charge in [0.2, 0.25) is 0 Å².